The van der Waals surface area contributed by atoms with Crippen molar-refractivity contribution in [2.45, 2.75) is 64.6 Å². The van der Waals surface area contributed by atoms with E-state index in [1.165, 1.54) is 12.8 Å². The van der Waals surface area contributed by atoms with Gasteiger partial charge in [-0.15, -0.1) is 0 Å². The van der Waals surface area contributed by atoms with E-state index < -0.39 is 0 Å². The molecule has 88 valence electrons. The Balaban J connectivity index is 2.35. The molecular formula is C12H22O3. The first-order valence-corrected chi connectivity index (χ1v) is 5.91. The number of ether oxygens (including phenoxy) is 2. The fourth-order valence-corrected chi connectivity index (χ4v) is 2.05. The second kappa shape index (κ2) is 5.50. The minimum Gasteiger partial charge on any atom is -0.457 e. The molecule has 0 saturated heterocycles. The Morgan fingerprint density at radius 1 is 1.33 bits per heavy atom. The first kappa shape index (κ1) is 12.5. The van der Waals surface area contributed by atoms with Gasteiger partial charge in [0, 0.05) is 0 Å². The van der Waals surface area contributed by atoms with Crippen LogP contribution in [-0.2, 0) is 14.3 Å². The zero-order valence-corrected chi connectivity index (χ0v) is 10.0. The lowest BCUT2D eigenvalue weighted by Crippen LogP contribution is -2.33. The van der Waals surface area contributed by atoms with Crippen molar-refractivity contribution in [3.63, 3.8) is 0 Å². The van der Waals surface area contributed by atoms with Crippen molar-refractivity contribution in [3.8, 4) is 0 Å². The average Bonchev–Trinajstić information content (AvgIpc) is 2.64. The van der Waals surface area contributed by atoms with Gasteiger partial charge in [-0.1, -0.05) is 6.92 Å². The topological polar surface area (TPSA) is 35.5 Å². The number of rotatable bonds is 5. The third-order valence-electron chi connectivity index (χ3n) is 3.02. The molecule has 1 aliphatic rings. The highest BCUT2D eigenvalue weighted by Gasteiger charge is 2.35. The smallest absolute Gasteiger partial charge is 0.332 e. The van der Waals surface area contributed by atoms with Crippen LogP contribution in [0.15, 0.2) is 0 Å². The van der Waals surface area contributed by atoms with Gasteiger partial charge in [-0.05, 0) is 46.0 Å². The second-order valence-electron chi connectivity index (χ2n) is 4.58. The van der Waals surface area contributed by atoms with Crippen molar-refractivity contribution in [3.05, 3.63) is 0 Å². The molecule has 0 radical (unpaired) electrons. The quantitative estimate of drug-likeness (QED) is 0.660. The van der Waals surface area contributed by atoms with Crippen LogP contribution in [0.5, 0.6) is 0 Å². The lowest BCUT2D eigenvalue weighted by molar-refractivity contribution is -0.166. The third-order valence-corrected chi connectivity index (χ3v) is 3.02. The van der Waals surface area contributed by atoms with Crippen LogP contribution in [0.3, 0.4) is 0 Å². The van der Waals surface area contributed by atoms with E-state index in [-0.39, 0.29) is 24.3 Å². The van der Waals surface area contributed by atoms with Crippen molar-refractivity contribution >= 4 is 5.97 Å². The molecule has 0 amide bonds. The normalized spacial score (nSPS) is 19.5. The van der Waals surface area contributed by atoms with E-state index in [4.69, 9.17) is 9.47 Å². The molecule has 0 bridgehead atoms. The molecule has 3 heteroatoms. The van der Waals surface area contributed by atoms with E-state index in [2.05, 4.69) is 6.92 Å². The fraction of sp³-hybridized carbons (Fsp3) is 0.917. The highest BCUT2D eigenvalue weighted by molar-refractivity contribution is 5.71. The summed E-state index contributed by atoms with van der Waals surface area (Å²) < 4.78 is 10.8. The van der Waals surface area contributed by atoms with Crippen molar-refractivity contribution < 1.29 is 14.3 Å². The Morgan fingerprint density at radius 3 is 2.40 bits per heavy atom. The lowest BCUT2D eigenvalue weighted by Gasteiger charge is -2.27. The molecule has 0 aromatic carbocycles. The van der Waals surface area contributed by atoms with Gasteiger partial charge in [-0.3, -0.25) is 0 Å². The average molecular weight is 214 g/mol. The van der Waals surface area contributed by atoms with E-state index in [9.17, 15) is 4.79 Å². The minimum atomic E-state index is -0.215. The van der Waals surface area contributed by atoms with Crippen LogP contribution in [0.4, 0.5) is 0 Å². The minimum absolute atomic E-state index is 0.0821. The van der Waals surface area contributed by atoms with Gasteiger partial charge >= 0.3 is 5.97 Å². The van der Waals surface area contributed by atoms with Crippen molar-refractivity contribution in [1.29, 1.82) is 0 Å². The van der Waals surface area contributed by atoms with Crippen molar-refractivity contribution in [2.24, 2.45) is 0 Å². The SMILES string of the molecule is CCC1(OC(=O)COC(C)C)CCCC1. The van der Waals surface area contributed by atoms with E-state index in [1.54, 1.807) is 0 Å². The predicted octanol–water partition coefficient (Wildman–Crippen LogP) is 2.68. The molecule has 1 aliphatic carbocycles. The van der Waals surface area contributed by atoms with Gasteiger partial charge in [0.2, 0.25) is 0 Å². The summed E-state index contributed by atoms with van der Waals surface area (Å²) in [5.41, 5.74) is -0.183. The van der Waals surface area contributed by atoms with Crippen LogP contribution < -0.4 is 0 Å². The highest BCUT2D eigenvalue weighted by Crippen LogP contribution is 2.35. The van der Waals surface area contributed by atoms with Gasteiger partial charge in [0.05, 0.1) is 6.10 Å². The molecule has 0 aliphatic heterocycles. The Kier molecular flexibility index (Phi) is 4.58. The molecule has 0 atom stereocenters. The number of esters is 1. The van der Waals surface area contributed by atoms with Crippen LogP contribution in [0.25, 0.3) is 0 Å². The Labute approximate surface area is 92.1 Å². The molecule has 1 fully saturated rings. The summed E-state index contributed by atoms with van der Waals surface area (Å²) in [5, 5.41) is 0. The first-order valence-electron chi connectivity index (χ1n) is 5.91. The van der Waals surface area contributed by atoms with Gasteiger partial charge in [0.1, 0.15) is 12.2 Å². The maximum Gasteiger partial charge on any atom is 0.332 e. The van der Waals surface area contributed by atoms with Gasteiger partial charge in [0.25, 0.3) is 0 Å². The summed E-state index contributed by atoms with van der Waals surface area (Å²) in [4.78, 5) is 11.5. The summed E-state index contributed by atoms with van der Waals surface area (Å²) in [6.45, 7) is 6.00. The Bertz CT molecular complexity index is 205. The van der Waals surface area contributed by atoms with E-state index in [0.717, 1.165) is 19.3 Å². The predicted molar refractivity (Wildman–Crippen MR) is 58.7 cm³/mol. The van der Waals surface area contributed by atoms with Crippen LogP contribution in [0, 0.1) is 0 Å². The highest BCUT2D eigenvalue weighted by atomic mass is 16.6. The Morgan fingerprint density at radius 2 is 1.93 bits per heavy atom. The number of hydrogen-bond acceptors (Lipinski definition) is 3. The molecule has 1 rings (SSSR count). The van der Waals surface area contributed by atoms with Crippen LogP contribution in [-0.4, -0.2) is 24.3 Å². The maximum atomic E-state index is 11.5. The van der Waals surface area contributed by atoms with E-state index in [0.29, 0.717) is 0 Å². The molecule has 15 heavy (non-hydrogen) atoms. The summed E-state index contributed by atoms with van der Waals surface area (Å²) in [6.07, 6.45) is 5.37. The monoisotopic (exact) mass is 214 g/mol. The van der Waals surface area contributed by atoms with Crippen LogP contribution in [0.1, 0.15) is 52.9 Å². The first-order chi connectivity index (χ1) is 7.08. The molecule has 0 unspecified atom stereocenters. The van der Waals surface area contributed by atoms with Gasteiger partial charge < -0.3 is 9.47 Å². The molecule has 0 aromatic rings. The van der Waals surface area contributed by atoms with Crippen molar-refractivity contribution in [1.82, 2.24) is 0 Å². The van der Waals surface area contributed by atoms with E-state index in [1.807, 2.05) is 13.8 Å². The van der Waals surface area contributed by atoms with Crippen LogP contribution in [0.2, 0.25) is 0 Å². The number of carbonyl (C=O) groups is 1. The summed E-state index contributed by atoms with van der Waals surface area (Å²) in [7, 11) is 0. The third kappa shape index (κ3) is 3.82. The Hall–Kier alpha value is -0.570. The summed E-state index contributed by atoms with van der Waals surface area (Å²) in [5.74, 6) is -0.215. The number of carbonyl (C=O) groups excluding carboxylic acids is 1. The zero-order chi connectivity index (χ0) is 11.3. The number of hydrogen-bond donors (Lipinski definition) is 0. The molecular weight excluding hydrogens is 192 g/mol. The molecule has 3 nitrogen and oxygen atoms in total. The largest absolute Gasteiger partial charge is 0.457 e. The molecule has 1 saturated carbocycles. The fourth-order valence-electron chi connectivity index (χ4n) is 2.05. The summed E-state index contributed by atoms with van der Waals surface area (Å²) >= 11 is 0. The summed E-state index contributed by atoms with van der Waals surface area (Å²) in [6, 6.07) is 0. The van der Waals surface area contributed by atoms with Gasteiger partial charge in [-0.25, -0.2) is 4.79 Å². The zero-order valence-electron chi connectivity index (χ0n) is 10.0. The molecule has 0 heterocycles. The lowest BCUT2D eigenvalue weighted by atomic mass is 9.99. The van der Waals surface area contributed by atoms with E-state index >= 15 is 0 Å². The standard InChI is InChI=1S/C12H22O3/c1-4-12(7-5-6-8-12)15-11(13)9-14-10(2)3/h10H,4-9H2,1-3H3. The van der Waals surface area contributed by atoms with Crippen molar-refractivity contribution in [2.75, 3.05) is 6.61 Å². The molecule has 0 spiro atoms. The van der Waals surface area contributed by atoms with Gasteiger partial charge in [0.15, 0.2) is 0 Å². The van der Waals surface area contributed by atoms with Crippen LogP contribution >= 0.6 is 0 Å². The molecule has 0 N–H and O–H groups in total. The maximum absolute atomic E-state index is 11.5. The second-order valence-corrected chi connectivity index (χ2v) is 4.58. The van der Waals surface area contributed by atoms with Gasteiger partial charge in [-0.2, -0.15) is 0 Å². The molecule has 0 aromatic heterocycles.